The molecular weight excluding hydrogens is 334 g/mol. The lowest BCUT2D eigenvalue weighted by atomic mass is 10.1. The maximum absolute atomic E-state index is 12.0. The highest BCUT2D eigenvalue weighted by Gasteiger charge is 2.22. The molecule has 2 N–H and O–H groups in total. The first-order valence-corrected chi connectivity index (χ1v) is 7.69. The van der Waals surface area contributed by atoms with Crippen LogP contribution in [0.15, 0.2) is 36.8 Å². The topological polar surface area (TPSA) is 93.3 Å². The summed E-state index contributed by atoms with van der Waals surface area (Å²) in [5, 5.41) is 3.11. The Hall–Kier alpha value is -2.54. The number of imidazole rings is 1. The number of benzene rings is 1. The zero-order valence-corrected chi connectivity index (χ0v) is 13.9. The molecule has 0 aliphatic carbocycles. The summed E-state index contributed by atoms with van der Waals surface area (Å²) in [6.07, 6.45) is 3.44. The van der Waals surface area contributed by atoms with Crippen LogP contribution >= 0.6 is 11.6 Å². The molecule has 2 aromatic rings. The highest BCUT2D eigenvalue weighted by molar-refractivity contribution is 6.32. The van der Waals surface area contributed by atoms with Gasteiger partial charge in [-0.15, -0.1) is 0 Å². The van der Waals surface area contributed by atoms with E-state index in [0.29, 0.717) is 10.8 Å². The van der Waals surface area contributed by atoms with Crippen molar-refractivity contribution in [3.05, 3.63) is 47.5 Å². The molecule has 0 radical (unpaired) electrons. The van der Waals surface area contributed by atoms with E-state index in [4.69, 9.17) is 21.1 Å². The second-order valence-electron chi connectivity index (χ2n) is 4.95. The molecule has 7 nitrogen and oxygen atoms in total. The van der Waals surface area contributed by atoms with E-state index < -0.39 is 12.0 Å². The van der Waals surface area contributed by atoms with Gasteiger partial charge in [0.15, 0.2) is 0 Å². The van der Waals surface area contributed by atoms with Gasteiger partial charge in [-0.1, -0.05) is 23.7 Å². The predicted octanol–water partition coefficient (Wildman–Crippen LogP) is 1.73. The van der Waals surface area contributed by atoms with Crippen LogP contribution in [-0.4, -0.2) is 41.6 Å². The quantitative estimate of drug-likeness (QED) is 0.706. The number of para-hydroxylation sites is 1. The molecule has 0 aliphatic rings. The summed E-state index contributed by atoms with van der Waals surface area (Å²) in [7, 11) is 1.27. The summed E-state index contributed by atoms with van der Waals surface area (Å²) in [4.78, 5) is 30.6. The average Bonchev–Trinajstić information content (AvgIpc) is 3.08. The zero-order chi connectivity index (χ0) is 17.4. The molecule has 0 saturated heterocycles. The van der Waals surface area contributed by atoms with Crippen LogP contribution in [0.3, 0.4) is 0 Å². The number of aromatic nitrogens is 2. The Labute approximate surface area is 144 Å². The Morgan fingerprint density at radius 1 is 1.38 bits per heavy atom. The van der Waals surface area contributed by atoms with Crippen molar-refractivity contribution in [1.82, 2.24) is 15.3 Å². The van der Waals surface area contributed by atoms with E-state index in [9.17, 15) is 9.59 Å². The molecule has 0 spiro atoms. The number of halogens is 1. The lowest BCUT2D eigenvalue weighted by Crippen LogP contribution is -2.43. The van der Waals surface area contributed by atoms with Crippen LogP contribution in [0.2, 0.25) is 5.02 Å². The van der Waals surface area contributed by atoms with Gasteiger partial charge in [0.25, 0.3) is 0 Å². The number of aromatic amines is 1. The largest absolute Gasteiger partial charge is 0.491 e. The minimum absolute atomic E-state index is 0.0850. The minimum atomic E-state index is -0.789. The lowest BCUT2D eigenvalue weighted by Gasteiger charge is -2.16. The molecule has 1 heterocycles. The first-order valence-electron chi connectivity index (χ1n) is 7.32. The number of methoxy groups -OCH3 is 1. The van der Waals surface area contributed by atoms with Crippen LogP contribution in [0.25, 0.3) is 0 Å². The Bertz CT molecular complexity index is 676. The number of hydrogen-bond donors (Lipinski definition) is 2. The third kappa shape index (κ3) is 5.27. The number of H-pyrrole nitrogens is 1. The van der Waals surface area contributed by atoms with Gasteiger partial charge in [-0.3, -0.25) is 4.79 Å². The van der Waals surface area contributed by atoms with Crippen molar-refractivity contribution in [2.45, 2.75) is 18.9 Å². The van der Waals surface area contributed by atoms with Crippen molar-refractivity contribution in [2.75, 3.05) is 13.7 Å². The molecule has 8 heteroatoms. The number of nitrogens with zero attached hydrogens (tertiary/aromatic N) is 1. The van der Waals surface area contributed by atoms with E-state index in [1.54, 1.807) is 30.5 Å². The van der Waals surface area contributed by atoms with Crippen LogP contribution in [0.5, 0.6) is 5.75 Å². The summed E-state index contributed by atoms with van der Waals surface area (Å²) in [5.41, 5.74) is 0.720. The first kappa shape index (κ1) is 17.8. The highest BCUT2D eigenvalue weighted by atomic mass is 35.5. The Morgan fingerprint density at radius 3 is 2.83 bits per heavy atom. The Kier molecular flexibility index (Phi) is 6.62. The standard InChI is InChI=1S/C16H18ClN3O4/c1-23-16(22)13(8-11-9-18-10-19-11)20-15(21)6-7-24-14-5-3-2-4-12(14)17/h2-5,9-10,13H,6-8H2,1H3,(H,18,19)(H,20,21)/t13-/m0/s1. The van der Waals surface area contributed by atoms with Crippen molar-refractivity contribution >= 4 is 23.5 Å². The van der Waals surface area contributed by atoms with Crippen molar-refractivity contribution in [2.24, 2.45) is 0 Å². The molecule has 1 atom stereocenters. The number of carbonyl (C=O) groups excluding carboxylic acids is 2. The number of rotatable bonds is 8. The fourth-order valence-corrected chi connectivity index (χ4v) is 2.22. The molecule has 0 saturated carbocycles. The first-order chi connectivity index (χ1) is 11.6. The van der Waals surface area contributed by atoms with Gasteiger partial charge in [0.1, 0.15) is 11.8 Å². The number of nitrogens with one attached hydrogen (secondary N) is 2. The summed E-state index contributed by atoms with van der Waals surface area (Å²) >= 11 is 5.97. The van der Waals surface area contributed by atoms with Crippen LogP contribution in [0.4, 0.5) is 0 Å². The highest BCUT2D eigenvalue weighted by Crippen LogP contribution is 2.23. The van der Waals surface area contributed by atoms with Gasteiger partial charge in [-0.2, -0.15) is 0 Å². The van der Waals surface area contributed by atoms with Gasteiger partial charge in [0.2, 0.25) is 5.91 Å². The fourth-order valence-electron chi connectivity index (χ4n) is 2.03. The molecule has 1 aromatic heterocycles. The maximum atomic E-state index is 12.0. The SMILES string of the molecule is COC(=O)[C@H](Cc1cnc[nH]1)NC(=O)CCOc1ccccc1Cl. The number of carbonyl (C=O) groups is 2. The van der Waals surface area contributed by atoms with E-state index in [-0.39, 0.29) is 25.4 Å². The zero-order valence-electron chi connectivity index (χ0n) is 13.1. The van der Waals surface area contributed by atoms with Gasteiger partial charge in [-0.05, 0) is 12.1 Å². The summed E-state index contributed by atoms with van der Waals surface area (Å²) < 4.78 is 10.2. The molecule has 2 rings (SSSR count). The van der Waals surface area contributed by atoms with E-state index in [1.165, 1.54) is 13.4 Å². The van der Waals surface area contributed by atoms with E-state index in [1.807, 2.05) is 0 Å². The maximum Gasteiger partial charge on any atom is 0.328 e. The number of amides is 1. The second-order valence-corrected chi connectivity index (χ2v) is 5.36. The average molecular weight is 352 g/mol. The van der Waals surface area contributed by atoms with Gasteiger partial charge in [0, 0.05) is 18.3 Å². The fraction of sp³-hybridized carbons (Fsp3) is 0.312. The molecular formula is C16H18ClN3O4. The van der Waals surface area contributed by atoms with Crippen molar-refractivity contribution in [3.63, 3.8) is 0 Å². The summed E-state index contributed by atoms with van der Waals surface area (Å²) in [6, 6.07) is 6.21. The lowest BCUT2D eigenvalue weighted by molar-refractivity contribution is -0.145. The number of esters is 1. The van der Waals surface area contributed by atoms with Gasteiger partial charge in [-0.25, -0.2) is 9.78 Å². The Morgan fingerprint density at radius 2 is 2.17 bits per heavy atom. The molecule has 0 aliphatic heterocycles. The summed E-state index contributed by atoms with van der Waals surface area (Å²) in [6.45, 7) is 0.146. The molecule has 128 valence electrons. The van der Waals surface area contributed by atoms with E-state index in [2.05, 4.69) is 15.3 Å². The molecule has 24 heavy (non-hydrogen) atoms. The molecule has 0 fully saturated rings. The number of hydrogen-bond acceptors (Lipinski definition) is 5. The third-order valence-electron chi connectivity index (χ3n) is 3.22. The van der Waals surface area contributed by atoms with E-state index >= 15 is 0 Å². The second kappa shape index (κ2) is 8.93. The van der Waals surface area contributed by atoms with Crippen LogP contribution < -0.4 is 10.1 Å². The monoisotopic (exact) mass is 351 g/mol. The van der Waals surface area contributed by atoms with Crippen LogP contribution in [0, 0.1) is 0 Å². The van der Waals surface area contributed by atoms with Gasteiger partial charge < -0.3 is 19.8 Å². The minimum Gasteiger partial charge on any atom is -0.491 e. The Balaban J connectivity index is 1.83. The number of ether oxygens (including phenoxy) is 2. The molecule has 0 bridgehead atoms. The normalized spacial score (nSPS) is 11.6. The smallest absolute Gasteiger partial charge is 0.328 e. The molecule has 1 amide bonds. The molecule has 1 aromatic carbocycles. The summed E-state index contributed by atoms with van der Waals surface area (Å²) in [5.74, 6) is -0.337. The van der Waals surface area contributed by atoms with E-state index in [0.717, 1.165) is 5.69 Å². The van der Waals surface area contributed by atoms with Gasteiger partial charge in [0.05, 0.1) is 31.5 Å². The van der Waals surface area contributed by atoms with Crippen molar-refractivity contribution in [1.29, 1.82) is 0 Å². The third-order valence-corrected chi connectivity index (χ3v) is 3.54. The van der Waals surface area contributed by atoms with Crippen LogP contribution in [-0.2, 0) is 20.7 Å². The predicted molar refractivity (Wildman–Crippen MR) is 87.8 cm³/mol. The van der Waals surface area contributed by atoms with Gasteiger partial charge >= 0.3 is 5.97 Å². The van der Waals surface area contributed by atoms with Crippen molar-refractivity contribution < 1.29 is 19.1 Å². The molecule has 0 unspecified atom stereocenters. The van der Waals surface area contributed by atoms with Crippen LogP contribution in [0.1, 0.15) is 12.1 Å². The van der Waals surface area contributed by atoms with Crippen molar-refractivity contribution in [3.8, 4) is 5.75 Å².